The number of carbonyl (C=O) groups excluding carboxylic acids is 1. The van der Waals surface area contributed by atoms with Gasteiger partial charge in [0.05, 0.1) is 24.4 Å². The summed E-state index contributed by atoms with van der Waals surface area (Å²) in [7, 11) is 3.39. The van der Waals surface area contributed by atoms with Gasteiger partial charge in [-0.25, -0.2) is 9.37 Å². The number of aromatic nitrogens is 4. The van der Waals surface area contributed by atoms with Gasteiger partial charge < -0.3 is 25.3 Å². The van der Waals surface area contributed by atoms with Crippen LogP contribution in [0.4, 0.5) is 21.7 Å². The van der Waals surface area contributed by atoms with Crippen molar-refractivity contribution in [1.29, 1.82) is 0 Å². The highest BCUT2D eigenvalue weighted by molar-refractivity contribution is 6.00. The highest BCUT2D eigenvalue weighted by atomic mass is 19.1. The summed E-state index contributed by atoms with van der Waals surface area (Å²) >= 11 is 0. The molecule has 0 aromatic carbocycles. The zero-order valence-corrected chi connectivity index (χ0v) is 20.4. The van der Waals surface area contributed by atoms with Gasteiger partial charge in [-0.1, -0.05) is 0 Å². The van der Waals surface area contributed by atoms with E-state index < -0.39 is 6.67 Å². The molecule has 192 valence electrons. The maximum absolute atomic E-state index is 13.3. The van der Waals surface area contributed by atoms with Crippen LogP contribution in [0.25, 0.3) is 5.65 Å². The minimum absolute atomic E-state index is 0.0121. The molecule has 36 heavy (non-hydrogen) atoms. The van der Waals surface area contributed by atoms with Crippen molar-refractivity contribution in [2.45, 2.75) is 37.5 Å². The fourth-order valence-corrected chi connectivity index (χ4v) is 4.92. The first-order valence-corrected chi connectivity index (χ1v) is 12.2. The van der Waals surface area contributed by atoms with E-state index in [2.05, 4.69) is 26.0 Å². The Bertz CT molecular complexity index is 1310. The number of rotatable bonds is 9. The molecule has 0 spiro atoms. The fourth-order valence-electron chi connectivity index (χ4n) is 4.92. The molecule has 0 radical (unpaired) electrons. The lowest BCUT2D eigenvalue weighted by molar-refractivity contribution is 0.00732. The Morgan fingerprint density at radius 3 is 2.89 bits per heavy atom. The van der Waals surface area contributed by atoms with Gasteiger partial charge in [0.25, 0.3) is 11.5 Å². The monoisotopic (exact) mass is 498 g/mol. The molecule has 2 fully saturated rings. The molecule has 1 saturated carbocycles. The summed E-state index contributed by atoms with van der Waals surface area (Å²) in [6.45, 7) is 1.39. The predicted octanol–water partition coefficient (Wildman–Crippen LogP) is 1.80. The number of halogens is 1. The van der Waals surface area contributed by atoms with Gasteiger partial charge in [-0.15, -0.1) is 0 Å². The van der Waals surface area contributed by atoms with Crippen LogP contribution in [0, 0.1) is 0 Å². The Kier molecular flexibility index (Phi) is 6.88. The number of alkyl halides is 1. The molecule has 0 bridgehead atoms. The fraction of sp³-hybridized carbons (Fsp3) is 0.500. The van der Waals surface area contributed by atoms with Crippen LogP contribution >= 0.6 is 0 Å². The van der Waals surface area contributed by atoms with Crippen LogP contribution in [0.15, 0.2) is 35.4 Å². The Morgan fingerprint density at radius 2 is 2.17 bits per heavy atom. The summed E-state index contributed by atoms with van der Waals surface area (Å²) in [4.78, 5) is 32.9. The third kappa shape index (κ3) is 4.53. The number of pyridine rings is 1. The zero-order chi connectivity index (χ0) is 25.2. The van der Waals surface area contributed by atoms with Crippen molar-refractivity contribution in [2.75, 3.05) is 51.1 Å². The van der Waals surface area contributed by atoms with E-state index in [9.17, 15) is 14.0 Å². The van der Waals surface area contributed by atoms with E-state index in [0.29, 0.717) is 41.6 Å². The number of carbonyl (C=O) groups is 1. The quantitative estimate of drug-likeness (QED) is 0.409. The predicted molar refractivity (Wildman–Crippen MR) is 134 cm³/mol. The normalized spacial score (nSPS) is 21.9. The third-order valence-electron chi connectivity index (χ3n) is 7.08. The second-order valence-corrected chi connectivity index (χ2v) is 9.19. The minimum Gasteiger partial charge on any atom is -0.379 e. The van der Waals surface area contributed by atoms with E-state index in [4.69, 9.17) is 4.74 Å². The van der Waals surface area contributed by atoms with Gasteiger partial charge in [0.1, 0.15) is 29.6 Å². The Hall–Kier alpha value is -3.51. The molecule has 11 nitrogen and oxygen atoms in total. The summed E-state index contributed by atoms with van der Waals surface area (Å²) in [6, 6.07) is 5.18. The van der Waals surface area contributed by atoms with Crippen molar-refractivity contribution in [1.82, 2.24) is 29.4 Å². The Labute approximate surface area is 207 Å². The van der Waals surface area contributed by atoms with Gasteiger partial charge in [0, 0.05) is 46.1 Å². The second-order valence-electron chi connectivity index (χ2n) is 9.19. The minimum atomic E-state index is -0.395. The van der Waals surface area contributed by atoms with Crippen molar-refractivity contribution in [3.8, 4) is 0 Å². The molecule has 1 saturated heterocycles. The van der Waals surface area contributed by atoms with Crippen molar-refractivity contribution in [2.24, 2.45) is 0 Å². The Morgan fingerprint density at radius 1 is 1.31 bits per heavy atom. The van der Waals surface area contributed by atoms with Gasteiger partial charge in [-0.3, -0.25) is 14.5 Å². The van der Waals surface area contributed by atoms with Crippen LogP contribution in [-0.4, -0.2) is 82.6 Å². The van der Waals surface area contributed by atoms with E-state index >= 15 is 0 Å². The molecule has 3 aromatic heterocycles. The number of fused-ring (bicyclic) bond motifs is 1. The second kappa shape index (κ2) is 10.2. The largest absolute Gasteiger partial charge is 0.379 e. The number of ether oxygens (including phenoxy) is 1. The molecule has 4 heterocycles. The molecule has 3 atom stereocenters. The van der Waals surface area contributed by atoms with Crippen molar-refractivity contribution in [3.05, 3.63) is 46.5 Å². The van der Waals surface area contributed by atoms with Gasteiger partial charge >= 0.3 is 0 Å². The molecule has 1 aliphatic heterocycles. The highest BCUT2D eigenvalue weighted by Crippen LogP contribution is 2.25. The molecule has 12 heteroatoms. The molecule has 1 amide bonds. The van der Waals surface area contributed by atoms with Crippen LogP contribution in [-0.2, 0) is 4.74 Å². The molecule has 0 unspecified atom stereocenters. The molecule has 3 aromatic rings. The molecule has 3 N–H and O–H groups in total. The summed E-state index contributed by atoms with van der Waals surface area (Å²) in [5, 5.41) is 13.5. The molecule has 5 rings (SSSR count). The maximum atomic E-state index is 13.3. The van der Waals surface area contributed by atoms with Crippen molar-refractivity contribution in [3.63, 3.8) is 0 Å². The maximum Gasteiger partial charge on any atom is 0.274 e. The van der Waals surface area contributed by atoms with Gasteiger partial charge in [-0.05, 0) is 31.4 Å². The lowest BCUT2D eigenvalue weighted by atomic mass is 9.89. The lowest BCUT2D eigenvalue weighted by Gasteiger charge is -2.35. The number of nitrogens with zero attached hydrogens (tertiary/aromatic N) is 5. The summed E-state index contributed by atoms with van der Waals surface area (Å²) in [5.41, 5.74) is 0.882. The average molecular weight is 499 g/mol. The number of likely N-dealkylation sites (tertiary alicyclic amines) is 1. The van der Waals surface area contributed by atoms with Crippen molar-refractivity contribution < 1.29 is 13.9 Å². The number of nitrogens with one attached hydrogen (secondary N) is 3. The summed E-state index contributed by atoms with van der Waals surface area (Å²) in [5.74, 6) is 0.735. The first kappa shape index (κ1) is 24.2. The molecular formula is C24H31FN8O3. The van der Waals surface area contributed by atoms with Crippen LogP contribution < -0.4 is 21.5 Å². The summed E-state index contributed by atoms with van der Waals surface area (Å²) in [6.07, 6.45) is 5.82. The van der Waals surface area contributed by atoms with Gasteiger partial charge in [-0.2, -0.15) is 9.61 Å². The number of anilines is 3. The average Bonchev–Trinajstić information content (AvgIpc) is 3.50. The smallest absolute Gasteiger partial charge is 0.274 e. The van der Waals surface area contributed by atoms with E-state index in [1.54, 1.807) is 41.6 Å². The highest BCUT2D eigenvalue weighted by Gasteiger charge is 2.33. The van der Waals surface area contributed by atoms with Crippen molar-refractivity contribution >= 4 is 28.9 Å². The summed E-state index contributed by atoms with van der Waals surface area (Å²) < 4.78 is 21.4. The van der Waals surface area contributed by atoms with Crippen LogP contribution in [0.5, 0.6) is 0 Å². The first-order chi connectivity index (χ1) is 17.5. The van der Waals surface area contributed by atoms with Gasteiger partial charge in [0.15, 0.2) is 5.65 Å². The number of amides is 1. The molecular weight excluding hydrogens is 467 g/mol. The SMILES string of the molecule is CNc1cc(Nc2cccn([C@@H]3CCN(CCF)C3)c2=O)nc2c(C(=O)N[C@@H]3CC[C@H]3OC)cnn12. The van der Waals surface area contributed by atoms with E-state index in [1.807, 2.05) is 11.0 Å². The Balaban J connectivity index is 1.41. The third-order valence-corrected chi connectivity index (χ3v) is 7.08. The lowest BCUT2D eigenvalue weighted by Crippen LogP contribution is -2.51. The van der Waals surface area contributed by atoms with E-state index in [1.165, 1.54) is 6.20 Å². The number of hydrogen-bond donors (Lipinski definition) is 3. The number of hydrogen-bond acceptors (Lipinski definition) is 8. The molecule has 2 aliphatic rings. The van der Waals surface area contributed by atoms with Crippen LogP contribution in [0.3, 0.4) is 0 Å². The van der Waals surface area contributed by atoms with Crippen LogP contribution in [0.1, 0.15) is 35.7 Å². The standard InChI is InChI=1S/C24H31FN8O3/c1-26-21-12-20(28-18-4-3-9-32(24(18)35)15-7-10-31(14-15)11-8-25)30-22-16(13-27-33(21)22)23(34)29-17-5-6-19(17)36-2/h3-4,9,12-13,15,17,19,26H,5-8,10-11,14H2,1-2H3,(H,28,30)(H,29,34)/t15-,17-,19-/m1/s1. The van der Waals surface area contributed by atoms with E-state index in [0.717, 1.165) is 25.8 Å². The number of methoxy groups -OCH3 is 1. The topological polar surface area (TPSA) is 118 Å². The van der Waals surface area contributed by atoms with E-state index in [-0.39, 0.29) is 29.7 Å². The molecule has 1 aliphatic carbocycles. The van der Waals surface area contributed by atoms with Crippen LogP contribution in [0.2, 0.25) is 0 Å². The zero-order valence-electron chi connectivity index (χ0n) is 20.4. The first-order valence-electron chi connectivity index (χ1n) is 12.2. The van der Waals surface area contributed by atoms with Gasteiger partial charge in [0.2, 0.25) is 0 Å².